The molecule has 1 aliphatic heterocycles. The second kappa shape index (κ2) is 11.2. The summed E-state index contributed by atoms with van der Waals surface area (Å²) in [7, 11) is 0. The first-order valence-corrected chi connectivity index (χ1v) is 12.0. The Morgan fingerprint density at radius 1 is 0.970 bits per heavy atom. The molecule has 0 spiro atoms. The van der Waals surface area contributed by atoms with Gasteiger partial charge in [0.05, 0.1) is 18.2 Å². The summed E-state index contributed by atoms with van der Waals surface area (Å²) in [6, 6.07) is 14.4. The van der Waals surface area contributed by atoms with E-state index < -0.39 is 17.7 Å². The molecule has 0 aliphatic carbocycles. The maximum Gasteiger partial charge on any atom is 0.295 e. The van der Waals surface area contributed by atoms with Gasteiger partial charge in [0.25, 0.3) is 11.7 Å². The van der Waals surface area contributed by atoms with Gasteiger partial charge in [-0.25, -0.2) is 0 Å². The van der Waals surface area contributed by atoms with Crippen molar-refractivity contribution in [3.63, 3.8) is 0 Å². The molecule has 1 fully saturated rings. The number of hydrogen-bond acceptors (Lipinski definition) is 4. The molecule has 1 amide bonds. The number of ketones is 1. The fourth-order valence-corrected chi connectivity index (χ4v) is 4.17. The molecule has 1 N–H and O–H groups in total. The number of nitrogens with zero attached hydrogens (tertiary/aromatic N) is 1. The van der Waals surface area contributed by atoms with Crippen LogP contribution < -0.4 is 4.74 Å². The van der Waals surface area contributed by atoms with Crippen molar-refractivity contribution >= 4 is 17.4 Å². The molecule has 5 nitrogen and oxygen atoms in total. The first-order valence-electron chi connectivity index (χ1n) is 12.0. The van der Waals surface area contributed by atoms with Crippen molar-refractivity contribution in [3.05, 3.63) is 70.8 Å². The smallest absolute Gasteiger partial charge is 0.295 e. The van der Waals surface area contributed by atoms with Gasteiger partial charge in [0.15, 0.2) is 0 Å². The van der Waals surface area contributed by atoms with Crippen LogP contribution in [-0.4, -0.2) is 34.8 Å². The SMILES string of the molecule is CCCCCOc1ccc(/C(O)=C2/C(=O)C(=O)N(CCC)C2c2ccc(C(C)C)cc2)cc1. The second-order valence-electron chi connectivity index (χ2n) is 8.89. The summed E-state index contributed by atoms with van der Waals surface area (Å²) in [6.07, 6.45) is 3.97. The van der Waals surface area contributed by atoms with Gasteiger partial charge in [0, 0.05) is 12.1 Å². The summed E-state index contributed by atoms with van der Waals surface area (Å²) in [5, 5.41) is 11.1. The van der Waals surface area contributed by atoms with Gasteiger partial charge in [-0.2, -0.15) is 0 Å². The Balaban J connectivity index is 1.96. The molecule has 33 heavy (non-hydrogen) atoms. The van der Waals surface area contributed by atoms with Gasteiger partial charge in [0.2, 0.25) is 0 Å². The highest BCUT2D eigenvalue weighted by atomic mass is 16.5. The number of unbranched alkanes of at least 4 members (excludes halogenated alkanes) is 2. The van der Waals surface area contributed by atoms with Gasteiger partial charge in [0.1, 0.15) is 11.5 Å². The molecule has 2 aromatic carbocycles. The van der Waals surface area contributed by atoms with Crippen LogP contribution in [0.4, 0.5) is 0 Å². The van der Waals surface area contributed by atoms with E-state index in [9.17, 15) is 14.7 Å². The Kier molecular flexibility index (Phi) is 8.32. The Labute approximate surface area is 197 Å². The fourth-order valence-electron chi connectivity index (χ4n) is 4.17. The van der Waals surface area contributed by atoms with Crippen LogP contribution >= 0.6 is 0 Å². The Morgan fingerprint density at radius 3 is 2.21 bits per heavy atom. The van der Waals surface area contributed by atoms with E-state index in [2.05, 4.69) is 20.8 Å². The summed E-state index contributed by atoms with van der Waals surface area (Å²) in [5.74, 6) is -0.257. The van der Waals surface area contributed by atoms with E-state index >= 15 is 0 Å². The van der Waals surface area contributed by atoms with Gasteiger partial charge >= 0.3 is 0 Å². The monoisotopic (exact) mass is 449 g/mol. The zero-order valence-corrected chi connectivity index (χ0v) is 20.1. The lowest BCUT2D eigenvalue weighted by molar-refractivity contribution is -0.139. The molecule has 5 heteroatoms. The molecular formula is C28H35NO4. The van der Waals surface area contributed by atoms with Crippen LogP contribution in [0.5, 0.6) is 5.75 Å². The number of carbonyl (C=O) groups excluding carboxylic acids is 2. The number of benzene rings is 2. The molecule has 1 heterocycles. The van der Waals surface area contributed by atoms with E-state index in [4.69, 9.17) is 4.74 Å². The van der Waals surface area contributed by atoms with Crippen LogP contribution in [0.15, 0.2) is 54.1 Å². The van der Waals surface area contributed by atoms with Crippen LogP contribution in [0.2, 0.25) is 0 Å². The molecule has 1 aliphatic rings. The average Bonchev–Trinajstić information content (AvgIpc) is 3.07. The van der Waals surface area contributed by atoms with Gasteiger partial charge in [-0.15, -0.1) is 0 Å². The zero-order valence-electron chi connectivity index (χ0n) is 20.1. The van der Waals surface area contributed by atoms with Crippen molar-refractivity contribution in [2.45, 2.75) is 65.3 Å². The van der Waals surface area contributed by atoms with Gasteiger partial charge in [-0.1, -0.05) is 64.8 Å². The lowest BCUT2D eigenvalue weighted by Crippen LogP contribution is -2.30. The maximum absolute atomic E-state index is 13.0. The Bertz CT molecular complexity index is 990. The predicted molar refractivity (Wildman–Crippen MR) is 131 cm³/mol. The molecule has 176 valence electrons. The molecule has 0 radical (unpaired) electrons. The third-order valence-electron chi connectivity index (χ3n) is 6.07. The maximum atomic E-state index is 13.0. The molecule has 0 bridgehead atoms. The molecule has 0 aromatic heterocycles. The summed E-state index contributed by atoms with van der Waals surface area (Å²) >= 11 is 0. The van der Waals surface area contributed by atoms with Crippen molar-refractivity contribution in [1.82, 2.24) is 4.90 Å². The van der Waals surface area contributed by atoms with Crippen LogP contribution in [0.25, 0.3) is 5.76 Å². The quantitative estimate of drug-likeness (QED) is 0.203. The first kappa shape index (κ1) is 24.6. The summed E-state index contributed by atoms with van der Waals surface area (Å²) in [6.45, 7) is 9.45. The van der Waals surface area contributed by atoms with E-state index in [0.717, 1.165) is 37.0 Å². The molecule has 0 saturated carbocycles. The molecule has 1 atom stereocenters. The van der Waals surface area contributed by atoms with Crippen LogP contribution in [-0.2, 0) is 9.59 Å². The van der Waals surface area contributed by atoms with Gasteiger partial charge < -0.3 is 14.7 Å². The van der Waals surface area contributed by atoms with E-state index in [1.165, 1.54) is 5.56 Å². The number of ether oxygens (including phenoxy) is 1. The molecule has 1 saturated heterocycles. The fraction of sp³-hybridized carbons (Fsp3) is 0.429. The number of aliphatic hydroxyl groups is 1. The van der Waals surface area contributed by atoms with E-state index in [0.29, 0.717) is 24.6 Å². The minimum atomic E-state index is -0.640. The third kappa shape index (κ3) is 5.47. The topological polar surface area (TPSA) is 66.8 Å². The largest absolute Gasteiger partial charge is 0.507 e. The van der Waals surface area contributed by atoms with Crippen molar-refractivity contribution in [2.75, 3.05) is 13.2 Å². The summed E-state index contributed by atoms with van der Waals surface area (Å²) < 4.78 is 5.75. The number of aliphatic hydroxyl groups excluding tert-OH is 1. The van der Waals surface area contributed by atoms with Crippen molar-refractivity contribution in [1.29, 1.82) is 0 Å². The minimum absolute atomic E-state index is 0.141. The number of rotatable bonds is 10. The normalized spacial score (nSPS) is 17.7. The van der Waals surface area contributed by atoms with Crippen LogP contribution in [0.1, 0.15) is 82.0 Å². The van der Waals surface area contributed by atoms with Crippen molar-refractivity contribution in [2.24, 2.45) is 0 Å². The highest BCUT2D eigenvalue weighted by Crippen LogP contribution is 2.40. The van der Waals surface area contributed by atoms with Gasteiger partial charge in [-0.3, -0.25) is 9.59 Å². The third-order valence-corrected chi connectivity index (χ3v) is 6.07. The number of amides is 1. The number of Topliss-reactive ketones (excluding diaryl/α,β-unsaturated/α-hetero) is 1. The lowest BCUT2D eigenvalue weighted by atomic mass is 9.93. The number of likely N-dealkylation sites (tertiary alicyclic amines) is 1. The molecule has 3 rings (SSSR count). The Morgan fingerprint density at radius 2 is 1.64 bits per heavy atom. The highest BCUT2D eigenvalue weighted by Gasteiger charge is 2.45. The summed E-state index contributed by atoms with van der Waals surface area (Å²) in [4.78, 5) is 27.4. The van der Waals surface area contributed by atoms with Gasteiger partial charge in [-0.05, 0) is 54.2 Å². The predicted octanol–water partition coefficient (Wildman–Crippen LogP) is 6.21. The number of hydrogen-bond donors (Lipinski definition) is 1. The van der Waals surface area contributed by atoms with Crippen molar-refractivity contribution < 1.29 is 19.4 Å². The first-order chi connectivity index (χ1) is 15.9. The van der Waals surface area contributed by atoms with Crippen molar-refractivity contribution in [3.8, 4) is 5.75 Å². The summed E-state index contributed by atoms with van der Waals surface area (Å²) in [5.41, 5.74) is 2.64. The molecule has 2 aromatic rings. The van der Waals surface area contributed by atoms with E-state index in [-0.39, 0.29) is 11.3 Å². The van der Waals surface area contributed by atoms with Crippen LogP contribution in [0.3, 0.4) is 0 Å². The average molecular weight is 450 g/mol. The van der Waals surface area contributed by atoms with Crippen LogP contribution in [0, 0.1) is 0 Å². The second-order valence-corrected chi connectivity index (χ2v) is 8.89. The molecular weight excluding hydrogens is 414 g/mol. The lowest BCUT2D eigenvalue weighted by Gasteiger charge is -2.25. The molecule has 1 unspecified atom stereocenters. The standard InChI is InChI=1S/C28H35NO4/c1-5-7-8-18-33-23-15-13-22(14-16-23)26(30)24-25(29(17-6-2)28(32)27(24)31)21-11-9-20(10-12-21)19(3)4/h9-16,19,25,30H,5-8,17-18H2,1-4H3/b26-24-. The van der Waals surface area contributed by atoms with E-state index in [1.54, 1.807) is 29.2 Å². The Hall–Kier alpha value is -3.08. The minimum Gasteiger partial charge on any atom is -0.507 e. The number of carbonyl (C=O) groups is 2. The zero-order chi connectivity index (χ0) is 24.0. The van der Waals surface area contributed by atoms with E-state index in [1.807, 2.05) is 31.2 Å². The highest BCUT2D eigenvalue weighted by molar-refractivity contribution is 6.46.